The average Bonchev–Trinajstić information content (AvgIpc) is 2.58. The quantitative estimate of drug-likeness (QED) is 0.802. The molecule has 1 fully saturated rings. The van der Waals surface area contributed by atoms with Crippen molar-refractivity contribution in [2.45, 2.75) is 25.4 Å². The van der Waals surface area contributed by atoms with E-state index in [0.717, 1.165) is 25.0 Å². The lowest BCUT2D eigenvalue weighted by Crippen LogP contribution is -2.48. The second-order valence-electron chi connectivity index (χ2n) is 4.90. The van der Waals surface area contributed by atoms with Crippen molar-refractivity contribution in [2.75, 3.05) is 20.6 Å². The van der Waals surface area contributed by atoms with Crippen LogP contribution in [0.2, 0.25) is 0 Å². The summed E-state index contributed by atoms with van der Waals surface area (Å²) in [7, 11) is 6.23. The van der Waals surface area contributed by atoms with E-state index in [1.54, 1.807) is 0 Å². The van der Waals surface area contributed by atoms with E-state index < -0.39 is 0 Å². The molecule has 4 nitrogen and oxygen atoms in total. The molecule has 0 spiro atoms. The van der Waals surface area contributed by atoms with Gasteiger partial charge in [0.1, 0.15) is 0 Å². The first kappa shape index (κ1) is 11.6. The fraction of sp³-hybridized carbons (Fsp3) is 0.750. The van der Waals surface area contributed by atoms with Crippen LogP contribution in [0.15, 0.2) is 12.4 Å². The van der Waals surface area contributed by atoms with Gasteiger partial charge in [0.05, 0.1) is 6.20 Å². The van der Waals surface area contributed by atoms with Crippen molar-refractivity contribution in [3.63, 3.8) is 0 Å². The number of aryl methyl sites for hydroxylation is 1. The van der Waals surface area contributed by atoms with Crippen LogP contribution < -0.4 is 5.32 Å². The summed E-state index contributed by atoms with van der Waals surface area (Å²) in [6.45, 7) is 2.15. The number of nitrogens with one attached hydrogen (secondary N) is 1. The van der Waals surface area contributed by atoms with E-state index in [4.69, 9.17) is 0 Å². The van der Waals surface area contributed by atoms with Crippen LogP contribution in [0, 0.1) is 5.92 Å². The zero-order chi connectivity index (χ0) is 11.5. The Morgan fingerprint density at radius 2 is 2.38 bits per heavy atom. The van der Waals surface area contributed by atoms with Crippen LogP contribution in [0.4, 0.5) is 0 Å². The van der Waals surface area contributed by atoms with Gasteiger partial charge in [0.25, 0.3) is 0 Å². The molecule has 1 aliphatic rings. The van der Waals surface area contributed by atoms with E-state index in [2.05, 4.69) is 28.6 Å². The maximum absolute atomic E-state index is 4.21. The highest BCUT2D eigenvalue weighted by Crippen LogP contribution is 2.31. The molecule has 0 amide bonds. The van der Waals surface area contributed by atoms with E-state index in [-0.39, 0.29) is 0 Å². The van der Waals surface area contributed by atoms with Crippen molar-refractivity contribution < 1.29 is 0 Å². The summed E-state index contributed by atoms with van der Waals surface area (Å²) in [5, 5.41) is 7.49. The molecule has 0 saturated heterocycles. The molecule has 4 heteroatoms. The first-order valence-corrected chi connectivity index (χ1v) is 6.03. The van der Waals surface area contributed by atoms with Gasteiger partial charge in [-0.2, -0.15) is 5.10 Å². The van der Waals surface area contributed by atoms with Crippen LogP contribution in [-0.4, -0.2) is 41.4 Å². The first-order valence-electron chi connectivity index (χ1n) is 6.03. The van der Waals surface area contributed by atoms with E-state index >= 15 is 0 Å². The Morgan fingerprint density at radius 3 is 2.88 bits per heavy atom. The van der Waals surface area contributed by atoms with E-state index in [0.29, 0.717) is 0 Å². The summed E-state index contributed by atoms with van der Waals surface area (Å²) in [5.74, 6) is 0.826. The fourth-order valence-electron chi connectivity index (χ4n) is 2.59. The van der Waals surface area contributed by atoms with Crippen LogP contribution in [0.5, 0.6) is 0 Å². The molecule has 2 rings (SSSR count). The molecule has 1 heterocycles. The Bertz CT molecular complexity index is 334. The molecule has 2 atom stereocenters. The van der Waals surface area contributed by atoms with Crippen molar-refractivity contribution in [2.24, 2.45) is 13.0 Å². The smallest absolute Gasteiger partial charge is 0.0534 e. The summed E-state index contributed by atoms with van der Waals surface area (Å²) in [6.07, 6.45) is 6.76. The molecule has 16 heavy (non-hydrogen) atoms. The van der Waals surface area contributed by atoms with Crippen LogP contribution in [0.25, 0.3) is 0 Å². The van der Waals surface area contributed by atoms with Gasteiger partial charge in [-0.3, -0.25) is 9.58 Å². The minimum atomic E-state index is 0.743. The maximum Gasteiger partial charge on any atom is 0.0534 e. The molecule has 0 aromatic carbocycles. The largest absolute Gasteiger partial charge is 0.319 e. The summed E-state index contributed by atoms with van der Waals surface area (Å²) < 4.78 is 1.87. The molecule has 2 unspecified atom stereocenters. The van der Waals surface area contributed by atoms with Crippen molar-refractivity contribution in [1.82, 2.24) is 20.0 Å². The van der Waals surface area contributed by atoms with E-state index in [1.165, 1.54) is 18.4 Å². The van der Waals surface area contributed by atoms with Crippen LogP contribution >= 0.6 is 0 Å². The fourth-order valence-corrected chi connectivity index (χ4v) is 2.59. The monoisotopic (exact) mass is 222 g/mol. The third-order valence-corrected chi connectivity index (χ3v) is 3.60. The third kappa shape index (κ3) is 2.44. The lowest BCUT2D eigenvalue weighted by molar-refractivity contribution is 0.0793. The number of nitrogens with zero attached hydrogens (tertiary/aromatic N) is 3. The van der Waals surface area contributed by atoms with Gasteiger partial charge < -0.3 is 5.32 Å². The van der Waals surface area contributed by atoms with Crippen molar-refractivity contribution in [3.8, 4) is 0 Å². The number of hydrogen-bond acceptors (Lipinski definition) is 3. The zero-order valence-corrected chi connectivity index (χ0v) is 10.5. The van der Waals surface area contributed by atoms with Gasteiger partial charge in [0.2, 0.25) is 0 Å². The van der Waals surface area contributed by atoms with Gasteiger partial charge in [-0.1, -0.05) is 0 Å². The number of aromatic nitrogens is 2. The van der Waals surface area contributed by atoms with Gasteiger partial charge >= 0.3 is 0 Å². The zero-order valence-electron chi connectivity index (χ0n) is 10.5. The van der Waals surface area contributed by atoms with E-state index in [1.807, 2.05) is 25.0 Å². The standard InChI is InChI=1S/C12H22N4/c1-13-7-11-4-5-12(11)15(2)8-10-6-14-16(3)9-10/h6,9,11-13H,4-5,7-8H2,1-3H3. The highest BCUT2D eigenvalue weighted by Gasteiger charge is 2.33. The van der Waals surface area contributed by atoms with Crippen LogP contribution in [-0.2, 0) is 13.6 Å². The topological polar surface area (TPSA) is 33.1 Å². The normalized spacial score (nSPS) is 24.8. The van der Waals surface area contributed by atoms with Gasteiger partial charge in [-0.15, -0.1) is 0 Å². The van der Waals surface area contributed by atoms with Crippen molar-refractivity contribution >= 4 is 0 Å². The predicted molar refractivity (Wildman–Crippen MR) is 65.1 cm³/mol. The molecule has 1 aromatic rings. The van der Waals surface area contributed by atoms with Gasteiger partial charge in [-0.05, 0) is 39.4 Å². The molecule has 1 saturated carbocycles. The van der Waals surface area contributed by atoms with Gasteiger partial charge in [0.15, 0.2) is 0 Å². The minimum absolute atomic E-state index is 0.743. The molecule has 0 radical (unpaired) electrons. The van der Waals surface area contributed by atoms with Crippen molar-refractivity contribution in [3.05, 3.63) is 18.0 Å². The Morgan fingerprint density at radius 1 is 1.56 bits per heavy atom. The molecule has 0 bridgehead atoms. The third-order valence-electron chi connectivity index (χ3n) is 3.60. The Hall–Kier alpha value is -0.870. The molecule has 1 N–H and O–H groups in total. The molecular weight excluding hydrogens is 200 g/mol. The second kappa shape index (κ2) is 4.97. The summed E-state index contributed by atoms with van der Waals surface area (Å²) >= 11 is 0. The van der Waals surface area contributed by atoms with Crippen LogP contribution in [0.1, 0.15) is 18.4 Å². The number of rotatable bonds is 5. The highest BCUT2D eigenvalue weighted by molar-refractivity contribution is 5.04. The van der Waals surface area contributed by atoms with Gasteiger partial charge in [0, 0.05) is 31.4 Å². The highest BCUT2D eigenvalue weighted by atomic mass is 15.2. The lowest BCUT2D eigenvalue weighted by Gasteiger charge is -2.42. The average molecular weight is 222 g/mol. The molecule has 0 aliphatic heterocycles. The molecule has 1 aliphatic carbocycles. The molecular formula is C12H22N4. The van der Waals surface area contributed by atoms with E-state index in [9.17, 15) is 0 Å². The van der Waals surface area contributed by atoms with Crippen LogP contribution in [0.3, 0.4) is 0 Å². The summed E-state index contributed by atoms with van der Waals surface area (Å²) in [4.78, 5) is 2.46. The SMILES string of the molecule is CNCC1CCC1N(C)Cc1cnn(C)c1. The van der Waals surface area contributed by atoms with Crippen molar-refractivity contribution in [1.29, 1.82) is 0 Å². The molecule has 1 aromatic heterocycles. The predicted octanol–water partition coefficient (Wildman–Crippen LogP) is 0.850. The minimum Gasteiger partial charge on any atom is -0.319 e. The molecule has 90 valence electrons. The van der Waals surface area contributed by atoms with Gasteiger partial charge in [-0.25, -0.2) is 0 Å². The first-order chi connectivity index (χ1) is 7.70. The second-order valence-corrected chi connectivity index (χ2v) is 4.90. The Kier molecular flexibility index (Phi) is 3.61. The summed E-state index contributed by atoms with van der Waals surface area (Å²) in [5.41, 5.74) is 1.31. The summed E-state index contributed by atoms with van der Waals surface area (Å²) in [6, 6.07) is 0.743. The number of hydrogen-bond donors (Lipinski definition) is 1. The lowest BCUT2D eigenvalue weighted by atomic mass is 9.78. The Labute approximate surface area is 97.6 Å². The Balaban J connectivity index is 1.86. The maximum atomic E-state index is 4.21.